The Labute approximate surface area is 132 Å². The van der Waals surface area contributed by atoms with E-state index >= 15 is 0 Å². The second-order valence-electron chi connectivity index (χ2n) is 5.88. The highest BCUT2D eigenvalue weighted by molar-refractivity contribution is 6.34. The molecule has 0 spiro atoms. The van der Waals surface area contributed by atoms with Gasteiger partial charge >= 0.3 is 5.97 Å². The number of carbonyl (C=O) groups is 3. The van der Waals surface area contributed by atoms with Crippen LogP contribution in [0.4, 0.5) is 5.69 Å². The highest BCUT2D eigenvalue weighted by Crippen LogP contribution is 2.58. The van der Waals surface area contributed by atoms with Crippen LogP contribution in [-0.2, 0) is 9.59 Å². The fraction of sp³-hybridized carbons (Fsp3) is 0.400. The Kier molecular flexibility index (Phi) is 4.15. The van der Waals surface area contributed by atoms with Gasteiger partial charge in [-0.05, 0) is 23.6 Å². The minimum atomic E-state index is -0.979. The lowest BCUT2D eigenvalue weighted by Crippen LogP contribution is -2.20. The summed E-state index contributed by atoms with van der Waals surface area (Å²) in [5, 5.41) is 14.5. The van der Waals surface area contributed by atoms with Crippen molar-refractivity contribution < 1.29 is 19.5 Å². The minimum Gasteiger partial charge on any atom is -0.481 e. The monoisotopic (exact) mass is 324 g/mol. The molecule has 22 heavy (non-hydrogen) atoms. The smallest absolute Gasteiger partial charge is 0.307 e. The Hall–Kier alpha value is -2.08. The summed E-state index contributed by atoms with van der Waals surface area (Å²) in [5.74, 6) is -3.01. The Morgan fingerprint density at radius 1 is 1.23 bits per heavy atom. The number of carboxylic acids is 1. The number of anilines is 1. The number of nitrogens with one attached hydrogen (secondary N) is 2. The third-order valence-corrected chi connectivity index (χ3v) is 4.41. The van der Waals surface area contributed by atoms with E-state index in [0.29, 0.717) is 5.69 Å². The molecule has 2 rings (SSSR count). The van der Waals surface area contributed by atoms with Gasteiger partial charge in [0.25, 0.3) is 5.91 Å². The van der Waals surface area contributed by atoms with E-state index in [4.69, 9.17) is 16.7 Å². The average molecular weight is 325 g/mol. The average Bonchev–Trinajstić information content (AvgIpc) is 3.03. The lowest BCUT2D eigenvalue weighted by Gasteiger charge is -2.09. The van der Waals surface area contributed by atoms with Gasteiger partial charge < -0.3 is 15.7 Å². The van der Waals surface area contributed by atoms with Crippen LogP contribution in [0.2, 0.25) is 5.02 Å². The molecule has 0 heterocycles. The van der Waals surface area contributed by atoms with Crippen LogP contribution >= 0.6 is 11.6 Å². The number of hydrogen-bond acceptors (Lipinski definition) is 3. The van der Waals surface area contributed by atoms with Gasteiger partial charge in [0.2, 0.25) is 5.91 Å². The second kappa shape index (κ2) is 5.61. The summed E-state index contributed by atoms with van der Waals surface area (Å²) in [6.07, 6.45) is 0. The zero-order valence-electron chi connectivity index (χ0n) is 12.4. The molecule has 118 valence electrons. The fourth-order valence-electron chi connectivity index (χ4n) is 2.72. The van der Waals surface area contributed by atoms with Gasteiger partial charge in [0.15, 0.2) is 0 Å². The quantitative estimate of drug-likeness (QED) is 0.789. The molecule has 7 heteroatoms. The highest BCUT2D eigenvalue weighted by atomic mass is 35.5. The maximum Gasteiger partial charge on any atom is 0.307 e. The predicted molar refractivity (Wildman–Crippen MR) is 81.9 cm³/mol. The van der Waals surface area contributed by atoms with Crippen molar-refractivity contribution >= 4 is 35.1 Å². The molecular formula is C15H17ClN2O4. The number of carbonyl (C=O) groups excluding carboxylic acids is 2. The van der Waals surface area contributed by atoms with Crippen molar-refractivity contribution in [3.63, 3.8) is 0 Å². The molecule has 2 atom stereocenters. The predicted octanol–water partition coefficient (Wildman–Crippen LogP) is 1.99. The van der Waals surface area contributed by atoms with E-state index in [1.165, 1.54) is 19.2 Å². The third-order valence-electron chi connectivity index (χ3n) is 4.08. The van der Waals surface area contributed by atoms with E-state index in [1.807, 2.05) is 0 Å². The van der Waals surface area contributed by atoms with Gasteiger partial charge in [-0.25, -0.2) is 0 Å². The molecule has 0 bridgehead atoms. The normalized spacial score (nSPS) is 21.8. The van der Waals surface area contributed by atoms with E-state index < -0.39 is 23.2 Å². The van der Waals surface area contributed by atoms with Crippen LogP contribution in [0.1, 0.15) is 24.2 Å². The molecule has 0 saturated heterocycles. The zero-order chi connectivity index (χ0) is 16.7. The number of halogens is 1. The summed E-state index contributed by atoms with van der Waals surface area (Å²) in [6.45, 7) is 3.49. The Morgan fingerprint density at radius 2 is 1.86 bits per heavy atom. The van der Waals surface area contributed by atoms with Crippen molar-refractivity contribution in [2.45, 2.75) is 13.8 Å². The van der Waals surface area contributed by atoms with E-state index in [2.05, 4.69) is 10.6 Å². The molecule has 1 saturated carbocycles. The molecule has 2 amide bonds. The summed E-state index contributed by atoms with van der Waals surface area (Å²) in [5.41, 5.74) is 0.0676. The Morgan fingerprint density at radius 3 is 2.36 bits per heavy atom. The summed E-state index contributed by atoms with van der Waals surface area (Å²) in [4.78, 5) is 35.0. The van der Waals surface area contributed by atoms with Crippen molar-refractivity contribution in [3.05, 3.63) is 28.8 Å². The van der Waals surface area contributed by atoms with Crippen molar-refractivity contribution in [1.82, 2.24) is 5.32 Å². The Bertz CT molecular complexity index is 657. The second-order valence-corrected chi connectivity index (χ2v) is 6.29. The van der Waals surface area contributed by atoms with Crippen molar-refractivity contribution in [1.29, 1.82) is 0 Å². The maximum atomic E-state index is 12.2. The number of rotatable bonds is 4. The lowest BCUT2D eigenvalue weighted by molar-refractivity contribution is -0.140. The van der Waals surface area contributed by atoms with Gasteiger partial charge in [0.1, 0.15) is 0 Å². The van der Waals surface area contributed by atoms with E-state index in [0.717, 1.165) is 0 Å². The first-order chi connectivity index (χ1) is 10.2. The first-order valence-corrected chi connectivity index (χ1v) is 7.13. The van der Waals surface area contributed by atoms with Gasteiger partial charge in [-0.15, -0.1) is 0 Å². The minimum absolute atomic E-state index is 0.242. The third kappa shape index (κ3) is 2.78. The summed E-state index contributed by atoms with van der Waals surface area (Å²) in [6, 6.07) is 4.54. The molecular weight excluding hydrogens is 308 g/mol. The van der Waals surface area contributed by atoms with Crippen LogP contribution in [0.25, 0.3) is 0 Å². The van der Waals surface area contributed by atoms with Gasteiger partial charge in [-0.3, -0.25) is 14.4 Å². The molecule has 0 aliphatic heterocycles. The van der Waals surface area contributed by atoms with Crippen molar-refractivity contribution in [3.8, 4) is 0 Å². The highest BCUT2D eigenvalue weighted by Gasteiger charge is 2.65. The maximum absolute atomic E-state index is 12.2. The molecule has 1 fully saturated rings. The Balaban J connectivity index is 2.17. The van der Waals surface area contributed by atoms with Crippen LogP contribution in [0.15, 0.2) is 18.2 Å². The summed E-state index contributed by atoms with van der Waals surface area (Å²) in [7, 11) is 1.48. The number of aliphatic carboxylic acids is 1. The number of benzene rings is 1. The fourth-order valence-corrected chi connectivity index (χ4v) is 2.92. The molecule has 1 aliphatic rings. The molecule has 3 N–H and O–H groups in total. The van der Waals surface area contributed by atoms with Gasteiger partial charge in [0.05, 0.1) is 22.4 Å². The molecule has 1 aliphatic carbocycles. The van der Waals surface area contributed by atoms with E-state index in [1.54, 1.807) is 19.9 Å². The first-order valence-electron chi connectivity index (χ1n) is 6.75. The number of hydrogen-bond donors (Lipinski definition) is 3. The number of carboxylic acid groups (broad SMARTS) is 1. The molecule has 0 radical (unpaired) electrons. The first kappa shape index (κ1) is 16.3. The standard InChI is InChI=1S/C15H17ClN2O4/c1-15(2)10(11(15)14(21)22)13(20)18-7-4-5-9(16)8(6-7)12(19)17-3/h4-6,10-11H,1-3H3,(H,17,19)(H,18,20)(H,21,22)/t10-,11-/m0/s1. The van der Waals surface area contributed by atoms with E-state index in [9.17, 15) is 14.4 Å². The molecule has 0 unspecified atom stereocenters. The summed E-state index contributed by atoms with van der Waals surface area (Å²) < 4.78 is 0. The van der Waals surface area contributed by atoms with Crippen LogP contribution in [0, 0.1) is 17.3 Å². The van der Waals surface area contributed by atoms with Crippen LogP contribution in [0.3, 0.4) is 0 Å². The van der Waals surface area contributed by atoms with Crippen LogP contribution < -0.4 is 10.6 Å². The van der Waals surface area contributed by atoms with Crippen molar-refractivity contribution in [2.75, 3.05) is 12.4 Å². The van der Waals surface area contributed by atoms with Crippen LogP contribution in [-0.4, -0.2) is 29.9 Å². The number of amides is 2. The lowest BCUT2D eigenvalue weighted by atomic mass is 10.1. The van der Waals surface area contributed by atoms with Gasteiger partial charge in [-0.1, -0.05) is 25.4 Å². The molecule has 0 aromatic heterocycles. The van der Waals surface area contributed by atoms with Gasteiger partial charge in [-0.2, -0.15) is 0 Å². The summed E-state index contributed by atoms with van der Waals surface area (Å²) >= 11 is 5.94. The molecule has 1 aromatic rings. The molecule has 1 aromatic carbocycles. The van der Waals surface area contributed by atoms with Gasteiger partial charge in [0, 0.05) is 12.7 Å². The SMILES string of the molecule is CNC(=O)c1cc(NC(=O)[C@@H]2[C@@H](C(=O)O)C2(C)C)ccc1Cl. The van der Waals surface area contributed by atoms with E-state index in [-0.39, 0.29) is 22.4 Å². The van der Waals surface area contributed by atoms with Crippen LogP contribution in [0.5, 0.6) is 0 Å². The molecule has 6 nitrogen and oxygen atoms in total. The van der Waals surface area contributed by atoms with Crippen molar-refractivity contribution in [2.24, 2.45) is 17.3 Å². The largest absolute Gasteiger partial charge is 0.481 e. The zero-order valence-corrected chi connectivity index (χ0v) is 13.2. The topological polar surface area (TPSA) is 95.5 Å².